The summed E-state index contributed by atoms with van der Waals surface area (Å²) in [5, 5.41) is 4.58. The first kappa shape index (κ1) is 11.9. The van der Waals surface area contributed by atoms with Crippen molar-refractivity contribution in [1.29, 1.82) is 0 Å². The Hall–Kier alpha value is -2.13. The third kappa shape index (κ3) is 1.83. The van der Waals surface area contributed by atoms with Crippen LogP contribution in [0.5, 0.6) is 0 Å². The summed E-state index contributed by atoms with van der Waals surface area (Å²) in [4.78, 5) is 4.65. The number of benzene rings is 2. The molecule has 19 heavy (non-hydrogen) atoms. The minimum Gasteiger partial charge on any atom is -0.241 e. The molecule has 0 atom stereocenters. The maximum absolute atomic E-state index is 4.65. The predicted octanol–water partition coefficient (Wildman–Crippen LogP) is 3.40. The van der Waals surface area contributed by atoms with E-state index in [4.69, 9.17) is 0 Å². The minimum atomic E-state index is 0. The quantitative estimate of drug-likeness (QED) is 0.530. The Morgan fingerprint density at radius 1 is 0.895 bits per heavy atom. The van der Waals surface area contributed by atoms with Crippen molar-refractivity contribution in [3.05, 3.63) is 60.2 Å². The number of halogens is 1. The van der Waals surface area contributed by atoms with Crippen LogP contribution < -0.4 is 0 Å². The van der Waals surface area contributed by atoms with E-state index in [9.17, 15) is 0 Å². The molecule has 4 rings (SSSR count). The average molecular weight is 270 g/mol. The molecular formula is C15H12ClN3. The Morgan fingerprint density at radius 2 is 1.63 bits per heavy atom. The molecule has 2 heterocycles. The highest BCUT2D eigenvalue weighted by molar-refractivity contribution is 5.85. The zero-order valence-electron chi connectivity index (χ0n) is 10.2. The van der Waals surface area contributed by atoms with E-state index >= 15 is 0 Å². The number of fused-ring (bicyclic) bond motifs is 3. The van der Waals surface area contributed by atoms with Crippen LogP contribution in [0.3, 0.4) is 0 Å². The second kappa shape index (κ2) is 4.52. The summed E-state index contributed by atoms with van der Waals surface area (Å²) in [7, 11) is 0. The van der Waals surface area contributed by atoms with Crippen LogP contribution in [-0.4, -0.2) is 14.8 Å². The minimum absolute atomic E-state index is 0. The van der Waals surface area contributed by atoms with E-state index in [0.29, 0.717) is 0 Å². The molecular weight excluding hydrogens is 258 g/mol. The highest BCUT2D eigenvalue weighted by Gasteiger charge is 2.21. The van der Waals surface area contributed by atoms with Gasteiger partial charge in [-0.25, -0.2) is 9.67 Å². The fourth-order valence-corrected chi connectivity index (χ4v) is 2.40. The van der Waals surface area contributed by atoms with Gasteiger partial charge >= 0.3 is 0 Å². The SMILES string of the molecule is Cl.c1ccc(-c2nc3n(n2)Cc2ccccc2-3)cc1. The van der Waals surface area contributed by atoms with Crippen LogP contribution >= 0.6 is 12.4 Å². The number of rotatable bonds is 1. The molecule has 0 N–H and O–H groups in total. The van der Waals surface area contributed by atoms with Crippen LogP contribution in [0.25, 0.3) is 22.8 Å². The van der Waals surface area contributed by atoms with Crippen LogP contribution in [-0.2, 0) is 6.54 Å². The molecule has 2 aromatic carbocycles. The van der Waals surface area contributed by atoms with E-state index in [1.54, 1.807) is 0 Å². The smallest absolute Gasteiger partial charge is 0.181 e. The average Bonchev–Trinajstić information content (AvgIpc) is 2.97. The van der Waals surface area contributed by atoms with E-state index < -0.39 is 0 Å². The molecule has 94 valence electrons. The fraction of sp³-hybridized carbons (Fsp3) is 0.0667. The van der Waals surface area contributed by atoms with Gasteiger partial charge in [-0.2, -0.15) is 5.10 Å². The van der Waals surface area contributed by atoms with Crippen molar-refractivity contribution in [2.75, 3.05) is 0 Å². The van der Waals surface area contributed by atoms with Crippen molar-refractivity contribution in [3.8, 4) is 22.8 Å². The van der Waals surface area contributed by atoms with Crippen molar-refractivity contribution in [3.63, 3.8) is 0 Å². The van der Waals surface area contributed by atoms with Crippen molar-refractivity contribution in [2.24, 2.45) is 0 Å². The summed E-state index contributed by atoms with van der Waals surface area (Å²) in [5.41, 5.74) is 3.57. The fourth-order valence-electron chi connectivity index (χ4n) is 2.40. The van der Waals surface area contributed by atoms with Crippen molar-refractivity contribution in [1.82, 2.24) is 14.8 Å². The predicted molar refractivity (Wildman–Crippen MR) is 77.2 cm³/mol. The highest BCUT2D eigenvalue weighted by Crippen LogP contribution is 2.31. The van der Waals surface area contributed by atoms with E-state index in [-0.39, 0.29) is 12.4 Å². The number of nitrogens with zero attached hydrogens (tertiary/aromatic N) is 3. The molecule has 0 fully saturated rings. The monoisotopic (exact) mass is 269 g/mol. The van der Waals surface area contributed by atoms with Crippen LogP contribution in [0.15, 0.2) is 54.6 Å². The zero-order chi connectivity index (χ0) is 11.9. The standard InChI is InChI=1S/C15H11N3.ClH/c1-2-6-11(7-3-1)14-16-15-13-9-5-4-8-12(13)10-18(15)17-14;/h1-9H,10H2;1H. The summed E-state index contributed by atoms with van der Waals surface area (Å²) in [5.74, 6) is 1.78. The molecule has 0 saturated heterocycles. The second-order valence-electron chi connectivity index (χ2n) is 4.44. The molecule has 0 amide bonds. The summed E-state index contributed by atoms with van der Waals surface area (Å²) in [6, 6.07) is 18.4. The van der Waals surface area contributed by atoms with Gasteiger partial charge in [0, 0.05) is 11.1 Å². The van der Waals surface area contributed by atoms with Gasteiger partial charge in [-0.3, -0.25) is 0 Å². The molecule has 0 saturated carbocycles. The molecule has 0 unspecified atom stereocenters. The largest absolute Gasteiger partial charge is 0.241 e. The van der Waals surface area contributed by atoms with Gasteiger partial charge < -0.3 is 0 Å². The van der Waals surface area contributed by atoms with Crippen molar-refractivity contribution >= 4 is 12.4 Å². The highest BCUT2D eigenvalue weighted by atomic mass is 35.5. The molecule has 0 radical (unpaired) electrons. The van der Waals surface area contributed by atoms with Gasteiger partial charge in [-0.1, -0.05) is 54.6 Å². The summed E-state index contributed by atoms with van der Waals surface area (Å²) < 4.78 is 1.98. The van der Waals surface area contributed by atoms with E-state index in [0.717, 1.165) is 23.8 Å². The first-order valence-corrected chi connectivity index (χ1v) is 6.00. The topological polar surface area (TPSA) is 30.7 Å². The Morgan fingerprint density at radius 3 is 2.47 bits per heavy atom. The van der Waals surface area contributed by atoms with Gasteiger partial charge in [0.1, 0.15) is 0 Å². The maximum Gasteiger partial charge on any atom is 0.181 e. The Kier molecular flexibility index (Phi) is 2.84. The van der Waals surface area contributed by atoms with Crippen molar-refractivity contribution in [2.45, 2.75) is 6.54 Å². The van der Waals surface area contributed by atoms with Gasteiger partial charge in [0.15, 0.2) is 11.6 Å². The van der Waals surface area contributed by atoms with E-state index in [2.05, 4.69) is 28.3 Å². The number of aromatic nitrogens is 3. The van der Waals surface area contributed by atoms with Gasteiger partial charge in [-0.15, -0.1) is 12.4 Å². The summed E-state index contributed by atoms with van der Waals surface area (Å²) in [6.45, 7) is 0.825. The van der Waals surface area contributed by atoms with Crippen LogP contribution in [0.4, 0.5) is 0 Å². The van der Waals surface area contributed by atoms with Crippen molar-refractivity contribution < 1.29 is 0 Å². The first-order valence-electron chi connectivity index (χ1n) is 6.00. The Bertz CT molecular complexity index is 719. The lowest BCUT2D eigenvalue weighted by Crippen LogP contribution is -1.95. The lowest BCUT2D eigenvalue weighted by molar-refractivity contribution is 0.722. The molecule has 1 aliphatic heterocycles. The number of hydrogen-bond donors (Lipinski definition) is 0. The third-order valence-electron chi connectivity index (χ3n) is 3.28. The lowest BCUT2D eigenvalue weighted by Gasteiger charge is -1.96. The molecule has 1 aromatic heterocycles. The Balaban J connectivity index is 0.00000110. The van der Waals surface area contributed by atoms with Gasteiger partial charge in [0.25, 0.3) is 0 Å². The summed E-state index contributed by atoms with van der Waals surface area (Å²) in [6.07, 6.45) is 0. The summed E-state index contributed by atoms with van der Waals surface area (Å²) >= 11 is 0. The first-order chi connectivity index (χ1) is 8.92. The van der Waals surface area contributed by atoms with E-state index in [1.165, 1.54) is 11.1 Å². The lowest BCUT2D eigenvalue weighted by atomic mass is 10.1. The maximum atomic E-state index is 4.65. The van der Waals surface area contributed by atoms with Gasteiger partial charge in [0.2, 0.25) is 0 Å². The normalized spacial score (nSPS) is 11.6. The molecule has 3 aromatic rings. The molecule has 3 nitrogen and oxygen atoms in total. The molecule has 1 aliphatic rings. The van der Waals surface area contributed by atoms with Crippen LogP contribution in [0.2, 0.25) is 0 Å². The second-order valence-corrected chi connectivity index (χ2v) is 4.44. The molecule has 0 aliphatic carbocycles. The van der Waals surface area contributed by atoms with Crippen LogP contribution in [0, 0.1) is 0 Å². The number of hydrogen-bond acceptors (Lipinski definition) is 2. The van der Waals surface area contributed by atoms with E-state index in [1.807, 2.05) is 41.1 Å². The molecule has 0 bridgehead atoms. The van der Waals surface area contributed by atoms with Gasteiger partial charge in [0.05, 0.1) is 6.54 Å². The Labute approximate surface area is 117 Å². The van der Waals surface area contributed by atoms with Crippen LogP contribution in [0.1, 0.15) is 5.56 Å². The molecule has 4 heteroatoms. The molecule has 0 spiro atoms. The zero-order valence-corrected chi connectivity index (χ0v) is 11.0. The third-order valence-corrected chi connectivity index (χ3v) is 3.28. The van der Waals surface area contributed by atoms with Gasteiger partial charge in [-0.05, 0) is 5.56 Å².